The van der Waals surface area contributed by atoms with Crippen LogP contribution in [0, 0.1) is 0 Å². The Morgan fingerprint density at radius 1 is 0.879 bits per heavy atom. The normalized spacial score (nSPS) is 21.3. The fourth-order valence-corrected chi connectivity index (χ4v) is 7.46. The molecule has 3 aromatic rings. The molecule has 2 fully saturated rings. The molecule has 1 spiro atoms. The highest BCUT2D eigenvalue weighted by molar-refractivity contribution is 5.84. The van der Waals surface area contributed by atoms with Crippen molar-refractivity contribution in [2.75, 3.05) is 33.7 Å². The number of para-hydroxylation sites is 1. The molecule has 4 unspecified atom stereocenters. The Labute approximate surface area is 338 Å². The Hall–Kier alpha value is -5.54. The number of hydrogen-bond donors (Lipinski definition) is 3. The number of carbonyl (C=O) groups excluding carboxylic acids is 4. The van der Waals surface area contributed by atoms with Crippen molar-refractivity contribution in [2.45, 2.75) is 101 Å². The van der Waals surface area contributed by atoms with Gasteiger partial charge in [0, 0.05) is 45.2 Å². The van der Waals surface area contributed by atoms with Gasteiger partial charge in [0.05, 0.1) is 25.9 Å². The summed E-state index contributed by atoms with van der Waals surface area (Å²) in [7, 11) is 1.61. The third-order valence-corrected chi connectivity index (χ3v) is 10.2. The van der Waals surface area contributed by atoms with Crippen LogP contribution in [0.1, 0.15) is 68.6 Å². The average Bonchev–Trinajstić information content (AvgIpc) is 3.70. The Morgan fingerprint density at radius 2 is 1.67 bits per heavy atom. The molecule has 0 bridgehead atoms. The van der Waals surface area contributed by atoms with E-state index in [0.29, 0.717) is 50.1 Å². The molecule has 58 heavy (non-hydrogen) atoms. The van der Waals surface area contributed by atoms with E-state index in [2.05, 4.69) is 16.0 Å². The molecule has 0 aliphatic carbocycles. The van der Waals surface area contributed by atoms with Crippen LogP contribution in [0.15, 0.2) is 72.8 Å². The van der Waals surface area contributed by atoms with Gasteiger partial charge in [0.2, 0.25) is 12.7 Å². The maximum atomic E-state index is 13.3. The first kappa shape index (κ1) is 42.1. The van der Waals surface area contributed by atoms with Crippen LogP contribution in [0.4, 0.5) is 9.59 Å². The van der Waals surface area contributed by atoms with Crippen molar-refractivity contribution in [1.82, 2.24) is 16.0 Å². The molecule has 3 amide bonds. The molecule has 0 aromatic heterocycles. The number of benzene rings is 3. The van der Waals surface area contributed by atoms with Gasteiger partial charge < -0.3 is 53.8 Å². The van der Waals surface area contributed by atoms with Crippen LogP contribution in [-0.2, 0) is 52.7 Å². The molecule has 3 aliphatic rings. The second-order valence-corrected chi connectivity index (χ2v) is 14.5. The molecule has 15 heteroatoms. The molecule has 5 atom stereocenters. The number of methoxy groups -OCH3 is 1. The van der Waals surface area contributed by atoms with Crippen LogP contribution in [0.5, 0.6) is 17.2 Å². The molecule has 312 valence electrons. The molecular weight excluding hydrogens is 750 g/mol. The van der Waals surface area contributed by atoms with Gasteiger partial charge in [-0.3, -0.25) is 4.79 Å². The third kappa shape index (κ3) is 12.2. The Morgan fingerprint density at radius 3 is 2.50 bits per heavy atom. The Balaban J connectivity index is 1.06. The van der Waals surface area contributed by atoms with Gasteiger partial charge in [-0.25, -0.2) is 14.4 Å². The lowest BCUT2D eigenvalue weighted by molar-refractivity contribution is -0.329. The van der Waals surface area contributed by atoms with Gasteiger partial charge in [-0.1, -0.05) is 54.6 Å². The zero-order chi connectivity index (χ0) is 40.7. The first-order chi connectivity index (χ1) is 28.2. The summed E-state index contributed by atoms with van der Waals surface area (Å²) in [5.41, 5.74) is 2.66. The Kier molecular flexibility index (Phi) is 15.1. The fourth-order valence-electron chi connectivity index (χ4n) is 7.46. The highest BCUT2D eigenvalue weighted by Gasteiger charge is 2.47. The molecule has 0 saturated carbocycles. The maximum Gasteiger partial charge on any atom is 0.407 e. The molecule has 6 rings (SSSR count). The number of nitrogens with one attached hydrogen (secondary N) is 3. The standard InChI is InChI=1S/C43H53N3O12/c1-3-52-40(48)35(22-29-10-5-4-6-11-29)46-39(47)18-16-32-24-34(56-42(50)45-26-30-15-17-37-38(23-30)55-28-54-37)25-43(57-32)20-9-13-33(58-43)27-53-41(49)44-21-19-31-12-7-8-14-36(31)51-2/h4-8,10-12,14-15,17,23,32-35H,3,9,13,16,18-22,24-28H2,1-2H3,(H,44,49)(H,45,50)(H,46,47)/t32?,33?,34?,35-,43?/m0/s1. The monoisotopic (exact) mass is 803 g/mol. The summed E-state index contributed by atoms with van der Waals surface area (Å²) >= 11 is 0. The van der Waals surface area contributed by atoms with Gasteiger partial charge in [-0.15, -0.1) is 0 Å². The quantitative estimate of drug-likeness (QED) is 0.116. The molecule has 3 aliphatic heterocycles. The lowest BCUT2D eigenvalue weighted by Crippen LogP contribution is -2.54. The van der Waals surface area contributed by atoms with Gasteiger partial charge >= 0.3 is 18.2 Å². The lowest BCUT2D eigenvalue weighted by Gasteiger charge is -2.47. The summed E-state index contributed by atoms with van der Waals surface area (Å²) in [6.07, 6.45) is 0.774. The van der Waals surface area contributed by atoms with Crippen LogP contribution >= 0.6 is 0 Å². The number of alkyl carbamates (subject to hydrolysis) is 2. The summed E-state index contributed by atoms with van der Waals surface area (Å²) in [5, 5.41) is 8.44. The fraction of sp³-hybridized carbons (Fsp3) is 0.488. The van der Waals surface area contributed by atoms with Crippen LogP contribution in [-0.4, -0.2) is 87.9 Å². The molecule has 3 aromatic carbocycles. The maximum absolute atomic E-state index is 13.3. The highest BCUT2D eigenvalue weighted by Crippen LogP contribution is 2.41. The molecule has 3 heterocycles. The molecule has 15 nitrogen and oxygen atoms in total. The van der Waals surface area contributed by atoms with Crippen LogP contribution in [0.25, 0.3) is 0 Å². The summed E-state index contributed by atoms with van der Waals surface area (Å²) < 4.78 is 46.1. The second-order valence-electron chi connectivity index (χ2n) is 14.5. The van der Waals surface area contributed by atoms with E-state index in [0.717, 1.165) is 22.4 Å². The predicted octanol–water partition coefficient (Wildman–Crippen LogP) is 5.50. The van der Waals surface area contributed by atoms with E-state index < -0.39 is 48.3 Å². The van der Waals surface area contributed by atoms with Crippen LogP contribution in [0.2, 0.25) is 0 Å². The molecule has 2 saturated heterocycles. The minimum Gasteiger partial charge on any atom is -0.496 e. The van der Waals surface area contributed by atoms with Crippen molar-refractivity contribution in [3.63, 3.8) is 0 Å². The Bertz CT molecular complexity index is 1840. The minimum atomic E-state index is -1.14. The van der Waals surface area contributed by atoms with Crippen molar-refractivity contribution >= 4 is 24.1 Å². The number of carbonyl (C=O) groups is 4. The minimum absolute atomic E-state index is 0.00310. The average molecular weight is 804 g/mol. The van der Waals surface area contributed by atoms with Gasteiger partial charge in [-0.05, 0) is 67.5 Å². The number of amides is 3. The number of hydrogen-bond acceptors (Lipinski definition) is 12. The second kappa shape index (κ2) is 20.8. The van der Waals surface area contributed by atoms with Crippen LogP contribution in [0.3, 0.4) is 0 Å². The van der Waals surface area contributed by atoms with Crippen molar-refractivity contribution < 1.29 is 57.1 Å². The van der Waals surface area contributed by atoms with Crippen molar-refractivity contribution in [1.29, 1.82) is 0 Å². The van der Waals surface area contributed by atoms with Crippen LogP contribution < -0.4 is 30.2 Å². The summed E-state index contributed by atoms with van der Waals surface area (Å²) in [5.74, 6) is 0.00325. The molecular formula is C43H53N3O12. The van der Waals surface area contributed by atoms with Crippen molar-refractivity contribution in [3.8, 4) is 17.2 Å². The topological polar surface area (TPSA) is 178 Å². The molecule has 0 radical (unpaired) electrons. The molecule has 3 N–H and O–H groups in total. The predicted molar refractivity (Wildman–Crippen MR) is 209 cm³/mol. The van der Waals surface area contributed by atoms with E-state index in [-0.39, 0.29) is 58.1 Å². The van der Waals surface area contributed by atoms with Gasteiger partial charge in [0.1, 0.15) is 24.5 Å². The number of esters is 1. The van der Waals surface area contributed by atoms with Gasteiger partial charge in [0.25, 0.3) is 0 Å². The van der Waals surface area contributed by atoms with Gasteiger partial charge in [-0.2, -0.15) is 0 Å². The van der Waals surface area contributed by atoms with Gasteiger partial charge in [0.15, 0.2) is 17.3 Å². The zero-order valence-corrected chi connectivity index (χ0v) is 33.0. The van der Waals surface area contributed by atoms with E-state index in [1.54, 1.807) is 26.2 Å². The first-order valence-corrected chi connectivity index (χ1v) is 19.9. The van der Waals surface area contributed by atoms with Crippen molar-refractivity contribution in [3.05, 3.63) is 89.5 Å². The van der Waals surface area contributed by atoms with E-state index in [4.69, 9.17) is 37.9 Å². The van der Waals surface area contributed by atoms with E-state index in [9.17, 15) is 19.2 Å². The van der Waals surface area contributed by atoms with E-state index >= 15 is 0 Å². The summed E-state index contributed by atoms with van der Waals surface area (Å²) in [6.45, 7) is 2.61. The highest BCUT2D eigenvalue weighted by atomic mass is 16.7. The lowest BCUT2D eigenvalue weighted by atomic mass is 9.90. The first-order valence-electron chi connectivity index (χ1n) is 19.9. The number of rotatable bonds is 17. The van der Waals surface area contributed by atoms with Crippen molar-refractivity contribution in [2.24, 2.45) is 0 Å². The van der Waals surface area contributed by atoms with E-state index in [1.807, 2.05) is 60.7 Å². The third-order valence-electron chi connectivity index (χ3n) is 10.2. The smallest absolute Gasteiger partial charge is 0.407 e. The van der Waals surface area contributed by atoms with E-state index in [1.165, 1.54) is 0 Å². The SMILES string of the molecule is CCOC(=O)[C@H](Cc1ccccc1)NC(=O)CCC1CC(OC(=O)NCc2ccc3c(c2)OCO3)CC2(CCCC(COC(=O)NCCc3ccccc3OC)O2)O1. The number of ether oxygens (including phenoxy) is 8. The largest absolute Gasteiger partial charge is 0.496 e. The summed E-state index contributed by atoms with van der Waals surface area (Å²) in [4.78, 5) is 51.9. The zero-order valence-electron chi connectivity index (χ0n) is 33.0. The number of fused-ring (bicyclic) bond motifs is 1. The summed E-state index contributed by atoms with van der Waals surface area (Å²) in [6, 6.07) is 21.6.